The Morgan fingerprint density at radius 2 is 1.81 bits per heavy atom. The van der Waals surface area contributed by atoms with Gasteiger partial charge in [-0.05, 0) is 23.8 Å². The second kappa shape index (κ2) is 3.43. The highest BCUT2D eigenvalue weighted by Gasteiger charge is 2.17. The van der Waals surface area contributed by atoms with E-state index < -0.39 is 0 Å². The van der Waals surface area contributed by atoms with Crippen LogP contribution in [0.25, 0.3) is 0 Å². The van der Waals surface area contributed by atoms with Crippen LogP contribution in [-0.2, 0) is 6.42 Å². The van der Waals surface area contributed by atoms with Gasteiger partial charge in [0.05, 0.1) is 0 Å². The lowest BCUT2D eigenvalue weighted by Crippen LogP contribution is -2.04. The van der Waals surface area contributed by atoms with Gasteiger partial charge in [-0.15, -0.1) is 6.42 Å². The fourth-order valence-corrected chi connectivity index (χ4v) is 2.04. The maximum atomic E-state index is 5.82. The summed E-state index contributed by atoms with van der Waals surface area (Å²) < 4.78 is 5.82. The molecule has 0 spiro atoms. The van der Waals surface area contributed by atoms with E-state index >= 15 is 0 Å². The Kier molecular flexibility index (Phi) is 1.94. The third-order valence-corrected chi connectivity index (χ3v) is 2.85. The van der Waals surface area contributed by atoms with Crippen LogP contribution < -0.4 is 4.74 Å². The second-order valence-electron chi connectivity index (χ2n) is 3.81. The van der Waals surface area contributed by atoms with Gasteiger partial charge in [0, 0.05) is 17.5 Å². The van der Waals surface area contributed by atoms with Crippen molar-refractivity contribution in [1.82, 2.24) is 0 Å². The van der Waals surface area contributed by atoms with E-state index in [0.29, 0.717) is 0 Å². The van der Waals surface area contributed by atoms with Crippen molar-refractivity contribution in [3.05, 3.63) is 59.2 Å². The number of rotatable bonds is 0. The topological polar surface area (TPSA) is 9.23 Å². The monoisotopic (exact) mass is 206 g/mol. The molecule has 1 heterocycles. The third kappa shape index (κ3) is 1.28. The number of hydrogen-bond donors (Lipinski definition) is 0. The van der Waals surface area contributed by atoms with E-state index in [1.54, 1.807) is 0 Å². The van der Waals surface area contributed by atoms with Gasteiger partial charge in [0.25, 0.3) is 0 Å². The Balaban J connectivity index is 2.16. The minimum atomic E-state index is 0.853. The van der Waals surface area contributed by atoms with Gasteiger partial charge in [-0.2, -0.15) is 0 Å². The number of ether oxygens (including phenoxy) is 1. The molecule has 2 aromatic carbocycles. The number of para-hydroxylation sites is 1. The molecule has 0 atom stereocenters. The zero-order valence-electron chi connectivity index (χ0n) is 8.73. The van der Waals surface area contributed by atoms with Gasteiger partial charge in [-0.1, -0.05) is 30.2 Å². The molecule has 0 N–H and O–H groups in total. The number of hydrogen-bond acceptors (Lipinski definition) is 1. The summed E-state index contributed by atoms with van der Waals surface area (Å²) in [6.45, 7) is 0. The van der Waals surface area contributed by atoms with Gasteiger partial charge in [0.1, 0.15) is 11.5 Å². The molecule has 0 radical (unpaired) electrons. The van der Waals surface area contributed by atoms with Crippen LogP contribution in [0, 0.1) is 12.3 Å². The Labute approximate surface area is 94.7 Å². The van der Waals surface area contributed by atoms with Crippen LogP contribution in [0.3, 0.4) is 0 Å². The highest BCUT2D eigenvalue weighted by atomic mass is 16.5. The van der Waals surface area contributed by atoms with Crippen LogP contribution in [0.2, 0.25) is 0 Å². The molecule has 2 aromatic rings. The van der Waals surface area contributed by atoms with Gasteiger partial charge in [-0.3, -0.25) is 0 Å². The molecule has 1 aliphatic heterocycles. The summed E-state index contributed by atoms with van der Waals surface area (Å²) in [5.74, 6) is 4.52. The summed E-state index contributed by atoms with van der Waals surface area (Å²) in [5.41, 5.74) is 3.23. The maximum absolute atomic E-state index is 5.82. The lowest BCUT2D eigenvalue weighted by molar-refractivity contribution is 0.460. The predicted octanol–water partition coefficient (Wildman–Crippen LogP) is 3.36. The molecule has 0 aromatic heterocycles. The molecule has 0 amide bonds. The molecule has 0 bridgehead atoms. The molecular formula is C15H10O. The average Bonchev–Trinajstić information content (AvgIpc) is 2.35. The van der Waals surface area contributed by atoms with Crippen LogP contribution in [0.1, 0.15) is 16.7 Å². The summed E-state index contributed by atoms with van der Waals surface area (Å²) in [4.78, 5) is 0. The van der Waals surface area contributed by atoms with Gasteiger partial charge in [0.2, 0.25) is 0 Å². The first-order valence-corrected chi connectivity index (χ1v) is 5.23. The fourth-order valence-electron chi connectivity index (χ4n) is 2.04. The minimum absolute atomic E-state index is 0.853. The van der Waals surface area contributed by atoms with E-state index in [1.807, 2.05) is 36.4 Å². The summed E-state index contributed by atoms with van der Waals surface area (Å²) in [5, 5.41) is 0. The lowest BCUT2D eigenvalue weighted by atomic mass is 9.96. The first kappa shape index (κ1) is 9.06. The van der Waals surface area contributed by atoms with E-state index in [-0.39, 0.29) is 0 Å². The SMILES string of the molecule is C#Cc1cccc2c1Cc1ccccc1O2. The van der Waals surface area contributed by atoms with Gasteiger partial charge < -0.3 is 4.74 Å². The molecular weight excluding hydrogens is 196 g/mol. The third-order valence-electron chi connectivity index (χ3n) is 2.85. The van der Waals surface area contributed by atoms with E-state index in [2.05, 4.69) is 12.0 Å². The lowest BCUT2D eigenvalue weighted by Gasteiger charge is -2.20. The molecule has 0 unspecified atom stereocenters. The smallest absolute Gasteiger partial charge is 0.132 e. The number of terminal acetylenes is 1. The standard InChI is InChI=1S/C15H10O/c1-2-11-7-5-9-15-13(11)10-12-6-3-4-8-14(12)16-15/h1,3-9H,10H2. The van der Waals surface area contributed by atoms with Crippen LogP contribution >= 0.6 is 0 Å². The summed E-state index contributed by atoms with van der Waals surface area (Å²) in [6.07, 6.45) is 6.34. The maximum Gasteiger partial charge on any atom is 0.132 e. The molecule has 1 aliphatic rings. The van der Waals surface area contributed by atoms with Crippen molar-refractivity contribution in [3.8, 4) is 23.8 Å². The van der Waals surface area contributed by atoms with Crippen molar-refractivity contribution in [2.45, 2.75) is 6.42 Å². The van der Waals surface area contributed by atoms with Crippen LogP contribution in [0.4, 0.5) is 0 Å². The van der Waals surface area contributed by atoms with Crippen molar-refractivity contribution >= 4 is 0 Å². The van der Waals surface area contributed by atoms with Gasteiger partial charge in [-0.25, -0.2) is 0 Å². The molecule has 76 valence electrons. The van der Waals surface area contributed by atoms with Crippen molar-refractivity contribution in [1.29, 1.82) is 0 Å². The van der Waals surface area contributed by atoms with Crippen molar-refractivity contribution in [2.24, 2.45) is 0 Å². The first-order chi connectivity index (χ1) is 7.88. The zero-order chi connectivity index (χ0) is 11.0. The zero-order valence-corrected chi connectivity index (χ0v) is 8.73. The van der Waals surface area contributed by atoms with Crippen LogP contribution in [-0.4, -0.2) is 0 Å². The van der Waals surface area contributed by atoms with E-state index in [1.165, 1.54) is 5.56 Å². The van der Waals surface area contributed by atoms with Crippen LogP contribution in [0.5, 0.6) is 11.5 Å². The Bertz CT molecular complexity index is 591. The number of benzene rings is 2. The van der Waals surface area contributed by atoms with Crippen molar-refractivity contribution < 1.29 is 4.74 Å². The second-order valence-corrected chi connectivity index (χ2v) is 3.81. The minimum Gasteiger partial charge on any atom is -0.457 e. The molecule has 0 aliphatic carbocycles. The molecule has 1 heteroatoms. The molecule has 0 saturated heterocycles. The van der Waals surface area contributed by atoms with Crippen molar-refractivity contribution in [3.63, 3.8) is 0 Å². The Morgan fingerprint density at radius 3 is 2.69 bits per heavy atom. The van der Waals surface area contributed by atoms with Crippen LogP contribution in [0.15, 0.2) is 42.5 Å². The molecule has 0 saturated carbocycles. The van der Waals surface area contributed by atoms with Gasteiger partial charge >= 0.3 is 0 Å². The Hall–Kier alpha value is -2.20. The molecule has 16 heavy (non-hydrogen) atoms. The summed E-state index contributed by atoms with van der Waals surface area (Å²) in [6, 6.07) is 13.9. The number of fused-ring (bicyclic) bond motifs is 2. The summed E-state index contributed by atoms with van der Waals surface area (Å²) in [7, 11) is 0. The molecule has 0 fully saturated rings. The predicted molar refractivity (Wildman–Crippen MR) is 63.7 cm³/mol. The quantitative estimate of drug-likeness (QED) is 0.512. The highest BCUT2D eigenvalue weighted by molar-refractivity contribution is 5.56. The van der Waals surface area contributed by atoms with E-state index in [4.69, 9.17) is 11.2 Å². The normalized spacial score (nSPS) is 11.9. The van der Waals surface area contributed by atoms with Gasteiger partial charge in [0.15, 0.2) is 0 Å². The van der Waals surface area contributed by atoms with E-state index in [9.17, 15) is 0 Å². The van der Waals surface area contributed by atoms with Crippen molar-refractivity contribution in [2.75, 3.05) is 0 Å². The Morgan fingerprint density at radius 1 is 1.00 bits per heavy atom. The first-order valence-electron chi connectivity index (χ1n) is 5.23. The summed E-state index contributed by atoms with van der Waals surface area (Å²) >= 11 is 0. The molecule has 1 nitrogen and oxygen atoms in total. The average molecular weight is 206 g/mol. The molecule has 3 rings (SSSR count). The fraction of sp³-hybridized carbons (Fsp3) is 0.0667. The highest BCUT2D eigenvalue weighted by Crippen LogP contribution is 2.37. The largest absolute Gasteiger partial charge is 0.457 e. The van der Waals surface area contributed by atoms with E-state index in [0.717, 1.165) is 29.0 Å².